The van der Waals surface area contributed by atoms with Crippen LogP contribution in [0.25, 0.3) is 0 Å². The third-order valence-corrected chi connectivity index (χ3v) is 2.59. The molecule has 0 saturated carbocycles. The van der Waals surface area contributed by atoms with E-state index in [-0.39, 0.29) is 18.1 Å². The van der Waals surface area contributed by atoms with Crippen molar-refractivity contribution in [1.29, 1.82) is 0 Å². The Labute approximate surface area is 85.4 Å². The number of carbonyl (C=O) groups is 1. The predicted octanol–water partition coefficient (Wildman–Crippen LogP) is 0.280. The van der Waals surface area contributed by atoms with Crippen LogP contribution in [0.5, 0.6) is 0 Å². The molecule has 0 aliphatic carbocycles. The highest BCUT2D eigenvalue weighted by Crippen LogP contribution is 2.03. The van der Waals surface area contributed by atoms with E-state index in [9.17, 15) is 4.79 Å². The lowest BCUT2D eigenvalue weighted by atomic mass is 10.1. The normalized spacial score (nSPS) is 24.3. The summed E-state index contributed by atoms with van der Waals surface area (Å²) in [5.41, 5.74) is 0. The second-order valence-corrected chi connectivity index (χ2v) is 3.68. The Morgan fingerprint density at radius 2 is 2.50 bits per heavy atom. The molecular weight excluding hydrogens is 180 g/mol. The molecule has 2 N–H and O–H groups in total. The lowest BCUT2D eigenvalue weighted by molar-refractivity contribution is -0.132. The summed E-state index contributed by atoms with van der Waals surface area (Å²) in [6.45, 7) is 3.90. The van der Waals surface area contributed by atoms with Crippen LogP contribution in [0.15, 0.2) is 0 Å². The fraction of sp³-hybridized carbons (Fsp3) is 0.900. The average Bonchev–Trinajstić information content (AvgIpc) is 2.21. The number of carbonyl (C=O) groups excluding carboxylic acids is 1. The average molecular weight is 200 g/mol. The van der Waals surface area contributed by atoms with Crippen LogP contribution in [0.1, 0.15) is 26.2 Å². The molecular formula is C10H20N2O2. The summed E-state index contributed by atoms with van der Waals surface area (Å²) >= 11 is 0. The number of rotatable bonds is 4. The Kier molecular flexibility index (Phi) is 4.90. The molecule has 1 saturated heterocycles. The van der Waals surface area contributed by atoms with Crippen LogP contribution in [-0.2, 0) is 9.53 Å². The Morgan fingerprint density at radius 1 is 1.71 bits per heavy atom. The van der Waals surface area contributed by atoms with Crippen molar-refractivity contribution in [2.45, 2.75) is 38.3 Å². The number of ether oxygens (including phenoxy) is 1. The first-order valence-corrected chi connectivity index (χ1v) is 5.31. The van der Waals surface area contributed by atoms with Gasteiger partial charge in [-0.05, 0) is 25.8 Å². The Balaban J connectivity index is 2.30. The van der Waals surface area contributed by atoms with Gasteiger partial charge in [-0.3, -0.25) is 4.79 Å². The summed E-state index contributed by atoms with van der Waals surface area (Å²) in [5.74, 6) is 0.0173. The van der Waals surface area contributed by atoms with E-state index in [4.69, 9.17) is 4.74 Å². The molecule has 0 aromatic heterocycles. The SMILES string of the molecule is CCC(OC)C(=O)N[C@H]1CCCNC1. The van der Waals surface area contributed by atoms with Gasteiger partial charge in [0.15, 0.2) is 0 Å². The van der Waals surface area contributed by atoms with E-state index in [0.29, 0.717) is 0 Å². The smallest absolute Gasteiger partial charge is 0.249 e. The van der Waals surface area contributed by atoms with E-state index < -0.39 is 0 Å². The van der Waals surface area contributed by atoms with Crippen molar-refractivity contribution in [2.75, 3.05) is 20.2 Å². The van der Waals surface area contributed by atoms with E-state index in [1.807, 2.05) is 6.92 Å². The van der Waals surface area contributed by atoms with E-state index in [2.05, 4.69) is 10.6 Å². The van der Waals surface area contributed by atoms with Crippen molar-refractivity contribution in [3.8, 4) is 0 Å². The minimum absolute atomic E-state index is 0.0173. The molecule has 0 aromatic rings. The zero-order chi connectivity index (χ0) is 10.4. The molecule has 1 aliphatic heterocycles. The number of nitrogens with one attached hydrogen (secondary N) is 2. The molecule has 1 aliphatic rings. The topological polar surface area (TPSA) is 50.4 Å². The zero-order valence-electron chi connectivity index (χ0n) is 9.01. The van der Waals surface area contributed by atoms with Crippen molar-refractivity contribution in [1.82, 2.24) is 10.6 Å². The van der Waals surface area contributed by atoms with Crippen LogP contribution in [0.2, 0.25) is 0 Å². The van der Waals surface area contributed by atoms with Crippen molar-refractivity contribution >= 4 is 5.91 Å². The highest BCUT2D eigenvalue weighted by molar-refractivity contribution is 5.81. The van der Waals surface area contributed by atoms with Crippen LogP contribution in [0, 0.1) is 0 Å². The second-order valence-electron chi connectivity index (χ2n) is 3.68. The van der Waals surface area contributed by atoms with E-state index >= 15 is 0 Å². The van der Waals surface area contributed by atoms with Gasteiger partial charge in [0.2, 0.25) is 5.91 Å². The zero-order valence-corrected chi connectivity index (χ0v) is 9.01. The fourth-order valence-electron chi connectivity index (χ4n) is 1.73. The van der Waals surface area contributed by atoms with Gasteiger partial charge < -0.3 is 15.4 Å². The van der Waals surface area contributed by atoms with Crippen LogP contribution in [0.4, 0.5) is 0 Å². The molecule has 1 fully saturated rings. The van der Waals surface area contributed by atoms with Gasteiger partial charge in [-0.1, -0.05) is 6.92 Å². The van der Waals surface area contributed by atoms with E-state index in [0.717, 1.165) is 32.4 Å². The monoisotopic (exact) mass is 200 g/mol. The number of hydrogen-bond acceptors (Lipinski definition) is 3. The molecule has 0 bridgehead atoms. The predicted molar refractivity (Wildman–Crippen MR) is 55.1 cm³/mol. The molecule has 2 atom stereocenters. The molecule has 14 heavy (non-hydrogen) atoms. The first-order chi connectivity index (χ1) is 6.77. The molecule has 4 nitrogen and oxygen atoms in total. The molecule has 1 amide bonds. The van der Waals surface area contributed by atoms with E-state index in [1.54, 1.807) is 7.11 Å². The largest absolute Gasteiger partial charge is 0.372 e. The van der Waals surface area contributed by atoms with Crippen molar-refractivity contribution < 1.29 is 9.53 Å². The fourth-order valence-corrected chi connectivity index (χ4v) is 1.73. The maximum absolute atomic E-state index is 11.6. The Bertz CT molecular complexity index is 175. The standard InChI is InChI=1S/C10H20N2O2/c1-3-9(14-2)10(13)12-8-5-4-6-11-7-8/h8-9,11H,3-7H2,1-2H3,(H,12,13)/t8-,9?/m0/s1. The van der Waals surface area contributed by atoms with Gasteiger partial charge in [-0.2, -0.15) is 0 Å². The van der Waals surface area contributed by atoms with Crippen LogP contribution in [-0.4, -0.2) is 38.3 Å². The minimum atomic E-state index is -0.295. The summed E-state index contributed by atoms with van der Waals surface area (Å²) in [6, 6.07) is 0.278. The van der Waals surface area contributed by atoms with Crippen molar-refractivity contribution in [3.63, 3.8) is 0 Å². The molecule has 82 valence electrons. The molecule has 1 rings (SSSR count). The summed E-state index contributed by atoms with van der Waals surface area (Å²) in [5, 5.41) is 6.25. The van der Waals surface area contributed by atoms with Crippen LogP contribution < -0.4 is 10.6 Å². The number of piperidine rings is 1. The maximum atomic E-state index is 11.6. The number of amides is 1. The Morgan fingerprint density at radius 3 is 3.00 bits per heavy atom. The lowest BCUT2D eigenvalue weighted by Crippen LogP contribution is -2.48. The summed E-state index contributed by atoms with van der Waals surface area (Å²) in [4.78, 5) is 11.6. The molecule has 1 heterocycles. The quantitative estimate of drug-likeness (QED) is 0.685. The van der Waals surface area contributed by atoms with Gasteiger partial charge in [-0.25, -0.2) is 0 Å². The summed E-state index contributed by atoms with van der Waals surface area (Å²) in [6.07, 6.45) is 2.63. The van der Waals surface area contributed by atoms with Gasteiger partial charge in [0.1, 0.15) is 6.10 Å². The Hall–Kier alpha value is -0.610. The molecule has 0 radical (unpaired) electrons. The minimum Gasteiger partial charge on any atom is -0.372 e. The summed E-state index contributed by atoms with van der Waals surface area (Å²) < 4.78 is 5.07. The van der Waals surface area contributed by atoms with Crippen molar-refractivity contribution in [3.05, 3.63) is 0 Å². The van der Waals surface area contributed by atoms with Crippen LogP contribution in [0.3, 0.4) is 0 Å². The van der Waals surface area contributed by atoms with Gasteiger partial charge >= 0.3 is 0 Å². The van der Waals surface area contributed by atoms with Gasteiger partial charge in [0.25, 0.3) is 0 Å². The highest BCUT2D eigenvalue weighted by Gasteiger charge is 2.20. The molecule has 0 spiro atoms. The third kappa shape index (κ3) is 3.27. The van der Waals surface area contributed by atoms with Gasteiger partial charge in [0, 0.05) is 19.7 Å². The number of hydrogen-bond donors (Lipinski definition) is 2. The molecule has 4 heteroatoms. The second kappa shape index (κ2) is 5.98. The van der Waals surface area contributed by atoms with Gasteiger partial charge in [-0.15, -0.1) is 0 Å². The van der Waals surface area contributed by atoms with Gasteiger partial charge in [0.05, 0.1) is 0 Å². The molecule has 0 aromatic carbocycles. The maximum Gasteiger partial charge on any atom is 0.249 e. The molecule has 1 unspecified atom stereocenters. The van der Waals surface area contributed by atoms with Crippen LogP contribution >= 0.6 is 0 Å². The first-order valence-electron chi connectivity index (χ1n) is 5.31. The third-order valence-electron chi connectivity index (χ3n) is 2.59. The highest BCUT2D eigenvalue weighted by atomic mass is 16.5. The first kappa shape index (κ1) is 11.5. The number of methoxy groups -OCH3 is 1. The van der Waals surface area contributed by atoms with E-state index in [1.165, 1.54) is 0 Å². The summed E-state index contributed by atoms with van der Waals surface area (Å²) in [7, 11) is 1.58. The van der Waals surface area contributed by atoms with Crippen molar-refractivity contribution in [2.24, 2.45) is 0 Å². The lowest BCUT2D eigenvalue weighted by Gasteiger charge is -2.25.